The van der Waals surface area contributed by atoms with Crippen LogP contribution in [0.1, 0.15) is 27.7 Å². The molecule has 0 aromatic heterocycles. The van der Waals surface area contributed by atoms with Crippen LogP contribution in [0.2, 0.25) is 0 Å². The molecule has 4 atom stereocenters. The molecule has 10 heteroatoms. The molecule has 0 amide bonds. The lowest BCUT2D eigenvalue weighted by Gasteiger charge is -2.10. The number of primary sulfonamides is 2. The van der Waals surface area contributed by atoms with Gasteiger partial charge in [0.05, 0.1) is 0 Å². The van der Waals surface area contributed by atoms with E-state index in [1.807, 2.05) is 0 Å². The van der Waals surface area contributed by atoms with Gasteiger partial charge in [0.15, 0.2) is 0 Å². The monoisotopic (exact) mass is 354 g/mol. The first kappa shape index (κ1) is 23.1. The molecule has 0 aromatic rings. The predicted molar refractivity (Wildman–Crippen MR) is 84.1 cm³/mol. The van der Waals surface area contributed by atoms with E-state index in [9.17, 15) is 16.8 Å². The fourth-order valence-corrected chi connectivity index (χ4v) is 1.74. The summed E-state index contributed by atoms with van der Waals surface area (Å²) in [7, 11) is -7.35. The van der Waals surface area contributed by atoms with E-state index in [-0.39, 0.29) is 0 Å². The van der Waals surface area contributed by atoms with Crippen molar-refractivity contribution in [2.45, 2.75) is 50.4 Å². The van der Waals surface area contributed by atoms with Gasteiger partial charge in [-0.05, 0) is 27.7 Å². The number of sulfonamides is 2. The molecule has 0 aliphatic rings. The topological polar surface area (TPSA) is 161 Å². The number of nitrogens with two attached hydrogens (primary N) is 2. The van der Waals surface area contributed by atoms with Gasteiger partial charge in [-0.3, -0.25) is 0 Å². The van der Waals surface area contributed by atoms with Gasteiger partial charge in [0.1, 0.15) is 22.7 Å². The zero-order chi connectivity index (χ0) is 18.1. The molecule has 0 aliphatic heterocycles. The van der Waals surface area contributed by atoms with E-state index in [4.69, 9.17) is 20.5 Å². The van der Waals surface area contributed by atoms with Crippen LogP contribution in [0.4, 0.5) is 0 Å². The Balaban J connectivity index is 0. The summed E-state index contributed by atoms with van der Waals surface area (Å²) in [4.78, 5) is 0. The fourth-order valence-electron chi connectivity index (χ4n) is 0.890. The van der Waals surface area contributed by atoms with Gasteiger partial charge in [-0.25, -0.2) is 27.1 Å². The number of hydrogen-bond donors (Lipinski definition) is 4. The van der Waals surface area contributed by atoms with E-state index in [0.717, 1.165) is 0 Å². The lowest BCUT2D eigenvalue weighted by atomic mass is 10.3. The second-order valence-electron chi connectivity index (χ2n) is 4.27. The Morgan fingerprint density at radius 1 is 0.773 bits per heavy atom. The summed E-state index contributed by atoms with van der Waals surface area (Å²) in [6.45, 7) is 5.65. The van der Waals surface area contributed by atoms with Crippen LogP contribution >= 0.6 is 0 Å². The van der Waals surface area contributed by atoms with Crippen LogP contribution in [-0.4, -0.2) is 49.8 Å². The molecule has 128 valence electrons. The average molecular weight is 354 g/mol. The molecule has 6 N–H and O–H groups in total. The van der Waals surface area contributed by atoms with E-state index in [2.05, 4.69) is 23.7 Å². The van der Waals surface area contributed by atoms with Gasteiger partial charge in [-0.1, -0.05) is 11.8 Å². The summed E-state index contributed by atoms with van der Waals surface area (Å²) >= 11 is 0. The van der Waals surface area contributed by atoms with Crippen molar-refractivity contribution < 1.29 is 27.0 Å². The first-order chi connectivity index (χ1) is 9.78. The van der Waals surface area contributed by atoms with Crippen molar-refractivity contribution in [1.29, 1.82) is 0 Å². The summed E-state index contributed by atoms with van der Waals surface area (Å²) in [5, 5.41) is 25.5. The van der Waals surface area contributed by atoms with Crippen molar-refractivity contribution in [2.24, 2.45) is 10.3 Å². The van der Waals surface area contributed by atoms with E-state index in [1.54, 1.807) is 0 Å². The van der Waals surface area contributed by atoms with Crippen molar-refractivity contribution in [3.05, 3.63) is 0 Å². The maximum Gasteiger partial charge on any atom is 0.215 e. The molecule has 0 rings (SSSR count). The normalized spacial score (nSPS) is 16.4. The van der Waals surface area contributed by atoms with Crippen LogP contribution in [0.3, 0.4) is 0 Å². The van der Waals surface area contributed by atoms with Crippen LogP contribution in [0.5, 0.6) is 0 Å². The van der Waals surface area contributed by atoms with Crippen molar-refractivity contribution in [3.63, 3.8) is 0 Å². The summed E-state index contributed by atoms with van der Waals surface area (Å²) in [5.41, 5.74) is 0. The van der Waals surface area contributed by atoms with Crippen LogP contribution in [0.25, 0.3) is 0 Å². The van der Waals surface area contributed by atoms with Gasteiger partial charge >= 0.3 is 0 Å². The molecule has 0 saturated heterocycles. The highest BCUT2D eigenvalue weighted by atomic mass is 32.2. The fraction of sp³-hybridized carbons (Fsp3) is 0.667. The molecule has 0 aromatic carbocycles. The Hall–Kier alpha value is -1.14. The Bertz CT molecular complexity index is 604. The van der Waals surface area contributed by atoms with Crippen LogP contribution in [-0.2, 0) is 20.0 Å². The van der Waals surface area contributed by atoms with Crippen molar-refractivity contribution in [1.82, 2.24) is 0 Å². The lowest BCUT2D eigenvalue weighted by Crippen LogP contribution is -2.35. The SMILES string of the molecule is CC#C[C@@H](O)[C@H](C)S(N)(=O)=O.CC#C[C@H](O)[C@@H](C)S(N)(=O)=O. The van der Waals surface area contributed by atoms with Crippen LogP contribution in [0, 0.1) is 23.7 Å². The number of hydrogen-bond acceptors (Lipinski definition) is 6. The summed E-state index contributed by atoms with van der Waals surface area (Å²) in [6, 6.07) is 0. The molecule has 0 radical (unpaired) electrons. The minimum absolute atomic E-state index is 1.03. The zero-order valence-corrected chi connectivity index (χ0v) is 14.4. The molecule has 8 nitrogen and oxygen atoms in total. The zero-order valence-electron chi connectivity index (χ0n) is 12.8. The smallest absolute Gasteiger partial charge is 0.215 e. The Morgan fingerprint density at radius 3 is 1.14 bits per heavy atom. The molecule has 0 fully saturated rings. The number of aliphatic hydroxyl groups is 2. The van der Waals surface area contributed by atoms with Crippen molar-refractivity contribution >= 4 is 20.0 Å². The van der Waals surface area contributed by atoms with Crippen molar-refractivity contribution in [3.8, 4) is 23.7 Å². The van der Waals surface area contributed by atoms with Gasteiger partial charge in [0, 0.05) is 0 Å². The van der Waals surface area contributed by atoms with E-state index >= 15 is 0 Å². The highest BCUT2D eigenvalue weighted by Crippen LogP contribution is 2.00. The minimum atomic E-state index is -3.68. The molecule has 0 spiro atoms. The van der Waals surface area contributed by atoms with Crippen LogP contribution < -0.4 is 10.3 Å². The number of rotatable bonds is 4. The Labute approximate surface area is 132 Å². The van der Waals surface area contributed by atoms with E-state index in [1.165, 1.54) is 27.7 Å². The maximum absolute atomic E-state index is 10.6. The largest absolute Gasteiger partial charge is 0.379 e. The molecular weight excluding hydrogens is 332 g/mol. The second kappa shape index (κ2) is 9.79. The standard InChI is InChI=1S/2C6H11NO3S/c2*1-3-4-6(8)5(2)11(7,9)10/h2*5-6,8H,1-2H3,(H2,7,9,10)/t2*5-,6+/m10/s1. The Morgan fingerprint density at radius 2 is 1.00 bits per heavy atom. The molecule has 0 heterocycles. The summed E-state index contributed by atoms with van der Waals surface area (Å²) in [6.07, 6.45) is -2.40. The Kier molecular flexibility index (Phi) is 10.3. The van der Waals surface area contributed by atoms with Crippen molar-refractivity contribution in [2.75, 3.05) is 0 Å². The highest BCUT2D eigenvalue weighted by molar-refractivity contribution is 7.90. The predicted octanol–water partition coefficient (Wildman–Crippen LogP) is -1.90. The lowest BCUT2D eigenvalue weighted by molar-refractivity contribution is 0.229. The number of aliphatic hydroxyl groups excluding tert-OH is 2. The van der Waals surface area contributed by atoms with E-state index < -0.39 is 42.8 Å². The molecule has 0 bridgehead atoms. The van der Waals surface area contributed by atoms with Crippen LogP contribution in [0.15, 0.2) is 0 Å². The highest BCUT2D eigenvalue weighted by Gasteiger charge is 2.23. The first-order valence-corrected chi connectivity index (χ1v) is 9.24. The van der Waals surface area contributed by atoms with E-state index in [0.29, 0.717) is 0 Å². The van der Waals surface area contributed by atoms with Gasteiger partial charge in [-0.2, -0.15) is 0 Å². The molecular formula is C12H22N2O6S2. The van der Waals surface area contributed by atoms with Gasteiger partial charge < -0.3 is 10.2 Å². The quantitative estimate of drug-likeness (QED) is 0.431. The summed E-state index contributed by atoms with van der Waals surface area (Å²) < 4.78 is 42.4. The third kappa shape index (κ3) is 9.73. The molecule has 0 aliphatic carbocycles. The minimum Gasteiger partial charge on any atom is -0.379 e. The van der Waals surface area contributed by atoms with Gasteiger partial charge in [0.2, 0.25) is 20.0 Å². The summed E-state index contributed by atoms with van der Waals surface area (Å²) in [5.74, 6) is 9.40. The molecule has 0 unspecified atom stereocenters. The third-order valence-electron chi connectivity index (χ3n) is 2.51. The van der Waals surface area contributed by atoms with Gasteiger partial charge in [-0.15, -0.1) is 11.8 Å². The third-order valence-corrected chi connectivity index (χ3v) is 5.10. The molecule has 0 saturated carbocycles. The first-order valence-electron chi connectivity index (χ1n) is 6.02. The average Bonchev–Trinajstić information content (AvgIpc) is 2.36. The second-order valence-corrected chi connectivity index (χ2v) is 8.11. The molecule has 22 heavy (non-hydrogen) atoms. The maximum atomic E-state index is 10.6. The van der Waals surface area contributed by atoms with Gasteiger partial charge in [0.25, 0.3) is 0 Å².